The SMILES string of the molecule is COc1cccc(/C=N\NC(=O)CSc2nnc(-c3ccc(C)cc3)n2-c2ccccc2)c1OC. The molecule has 1 N–H and O–H groups in total. The highest BCUT2D eigenvalue weighted by Crippen LogP contribution is 2.30. The fourth-order valence-electron chi connectivity index (χ4n) is 3.41. The molecule has 0 bridgehead atoms. The molecule has 0 spiro atoms. The van der Waals surface area contributed by atoms with Crippen molar-refractivity contribution in [2.75, 3.05) is 20.0 Å². The minimum absolute atomic E-state index is 0.117. The number of nitrogens with zero attached hydrogens (tertiary/aromatic N) is 4. The third-order valence-corrected chi connectivity index (χ3v) is 6.05. The van der Waals surface area contributed by atoms with Gasteiger partial charge in [0.1, 0.15) is 0 Å². The van der Waals surface area contributed by atoms with Crippen LogP contribution in [-0.2, 0) is 4.79 Å². The summed E-state index contributed by atoms with van der Waals surface area (Å²) in [5.74, 6) is 1.69. The van der Waals surface area contributed by atoms with Gasteiger partial charge in [-0.2, -0.15) is 5.10 Å². The van der Waals surface area contributed by atoms with Gasteiger partial charge in [0.05, 0.1) is 26.2 Å². The maximum atomic E-state index is 12.5. The molecule has 1 aromatic heterocycles. The van der Waals surface area contributed by atoms with Crippen LogP contribution in [0.4, 0.5) is 0 Å². The minimum atomic E-state index is -0.271. The summed E-state index contributed by atoms with van der Waals surface area (Å²) in [5.41, 5.74) is 6.26. The number of carbonyl (C=O) groups is 1. The van der Waals surface area contributed by atoms with E-state index >= 15 is 0 Å². The first kappa shape index (κ1) is 24.0. The molecular formula is C26H25N5O3S. The Bertz CT molecular complexity index is 1320. The molecule has 35 heavy (non-hydrogen) atoms. The van der Waals surface area contributed by atoms with E-state index in [1.54, 1.807) is 20.3 Å². The number of hydrogen-bond donors (Lipinski definition) is 1. The molecule has 1 heterocycles. The van der Waals surface area contributed by atoms with E-state index in [1.807, 2.05) is 78.2 Å². The highest BCUT2D eigenvalue weighted by Gasteiger charge is 2.17. The standard InChI is InChI=1S/C26H25N5O3S/c1-18-12-14-19(15-13-18)25-29-30-26(31(25)21-9-5-4-6-10-21)35-17-23(32)28-27-16-20-8-7-11-22(33-2)24(20)34-3/h4-16H,17H2,1-3H3,(H,28,32)/b27-16-. The van der Waals surface area contributed by atoms with Gasteiger partial charge in [-0.05, 0) is 31.2 Å². The molecule has 0 atom stereocenters. The zero-order chi connectivity index (χ0) is 24.6. The van der Waals surface area contributed by atoms with Crippen molar-refractivity contribution in [2.45, 2.75) is 12.1 Å². The Kier molecular flexibility index (Phi) is 7.79. The van der Waals surface area contributed by atoms with Gasteiger partial charge in [0.2, 0.25) is 0 Å². The van der Waals surface area contributed by atoms with Crippen LogP contribution < -0.4 is 14.9 Å². The predicted molar refractivity (Wildman–Crippen MR) is 138 cm³/mol. The lowest BCUT2D eigenvalue weighted by Crippen LogP contribution is -2.20. The fourth-order valence-corrected chi connectivity index (χ4v) is 4.16. The third kappa shape index (κ3) is 5.70. The number of thioether (sulfide) groups is 1. The molecule has 0 saturated heterocycles. The van der Waals surface area contributed by atoms with Gasteiger partial charge in [-0.1, -0.05) is 65.9 Å². The first-order valence-corrected chi connectivity index (χ1v) is 11.8. The lowest BCUT2D eigenvalue weighted by molar-refractivity contribution is -0.118. The Morgan fingerprint density at radius 1 is 1.00 bits per heavy atom. The quantitative estimate of drug-likeness (QED) is 0.212. The number of benzene rings is 3. The van der Waals surface area contributed by atoms with Gasteiger partial charge in [0.15, 0.2) is 22.5 Å². The summed E-state index contributed by atoms with van der Waals surface area (Å²) in [7, 11) is 3.12. The van der Waals surface area contributed by atoms with E-state index in [0.29, 0.717) is 28.0 Å². The second kappa shape index (κ2) is 11.3. The van der Waals surface area contributed by atoms with E-state index in [-0.39, 0.29) is 11.7 Å². The molecule has 0 radical (unpaired) electrons. The Morgan fingerprint density at radius 2 is 1.77 bits per heavy atom. The average molecular weight is 488 g/mol. The Balaban J connectivity index is 1.49. The Hall–Kier alpha value is -4.11. The number of aromatic nitrogens is 3. The van der Waals surface area contributed by atoms with E-state index in [9.17, 15) is 4.79 Å². The first-order valence-electron chi connectivity index (χ1n) is 10.8. The first-order chi connectivity index (χ1) is 17.1. The smallest absolute Gasteiger partial charge is 0.250 e. The zero-order valence-corrected chi connectivity index (χ0v) is 20.5. The van der Waals surface area contributed by atoms with Crippen LogP contribution in [0, 0.1) is 6.92 Å². The van der Waals surface area contributed by atoms with Crippen molar-refractivity contribution in [1.82, 2.24) is 20.2 Å². The van der Waals surface area contributed by atoms with E-state index in [4.69, 9.17) is 9.47 Å². The highest BCUT2D eigenvalue weighted by molar-refractivity contribution is 7.99. The van der Waals surface area contributed by atoms with Gasteiger partial charge in [-0.15, -0.1) is 10.2 Å². The van der Waals surface area contributed by atoms with Crippen molar-refractivity contribution in [3.63, 3.8) is 0 Å². The molecule has 4 rings (SSSR count). The van der Waals surface area contributed by atoms with Crippen LogP contribution in [0.1, 0.15) is 11.1 Å². The topological polar surface area (TPSA) is 90.6 Å². The lowest BCUT2D eigenvalue weighted by Gasteiger charge is -2.10. The molecule has 9 heteroatoms. The Labute approximate surface area is 208 Å². The summed E-state index contributed by atoms with van der Waals surface area (Å²) in [6, 6.07) is 23.4. The number of nitrogens with one attached hydrogen (secondary N) is 1. The molecule has 178 valence electrons. The average Bonchev–Trinajstić information content (AvgIpc) is 3.32. The lowest BCUT2D eigenvalue weighted by atomic mass is 10.1. The number of hydrogen-bond acceptors (Lipinski definition) is 7. The number of carbonyl (C=O) groups excluding carboxylic acids is 1. The number of ether oxygens (including phenoxy) is 2. The maximum Gasteiger partial charge on any atom is 0.250 e. The zero-order valence-electron chi connectivity index (χ0n) is 19.6. The fraction of sp³-hybridized carbons (Fsp3) is 0.154. The largest absolute Gasteiger partial charge is 0.493 e. The van der Waals surface area contributed by atoms with Crippen molar-refractivity contribution in [2.24, 2.45) is 5.10 Å². The summed E-state index contributed by atoms with van der Waals surface area (Å²) >= 11 is 1.29. The number of methoxy groups -OCH3 is 2. The van der Waals surface area contributed by atoms with Crippen molar-refractivity contribution < 1.29 is 14.3 Å². The van der Waals surface area contributed by atoms with E-state index < -0.39 is 0 Å². The van der Waals surface area contributed by atoms with Crippen molar-refractivity contribution in [1.29, 1.82) is 0 Å². The minimum Gasteiger partial charge on any atom is -0.493 e. The monoisotopic (exact) mass is 487 g/mol. The van der Waals surface area contributed by atoms with Gasteiger partial charge in [0.25, 0.3) is 5.91 Å². The summed E-state index contributed by atoms with van der Waals surface area (Å²) in [6.07, 6.45) is 1.52. The van der Waals surface area contributed by atoms with Gasteiger partial charge in [-0.25, -0.2) is 5.43 Å². The van der Waals surface area contributed by atoms with Gasteiger partial charge >= 0.3 is 0 Å². The van der Waals surface area contributed by atoms with Crippen molar-refractivity contribution in [3.8, 4) is 28.6 Å². The second-order valence-electron chi connectivity index (χ2n) is 7.51. The van der Waals surface area contributed by atoms with Crippen LogP contribution in [-0.4, -0.2) is 46.9 Å². The molecule has 0 aliphatic carbocycles. The summed E-state index contributed by atoms with van der Waals surface area (Å²) in [6.45, 7) is 2.04. The molecule has 3 aromatic carbocycles. The molecular weight excluding hydrogens is 462 g/mol. The van der Waals surface area contributed by atoms with E-state index in [0.717, 1.165) is 16.8 Å². The number of aryl methyl sites for hydroxylation is 1. The summed E-state index contributed by atoms with van der Waals surface area (Å²) in [5, 5.41) is 13.4. The van der Waals surface area contributed by atoms with Crippen LogP contribution in [0.15, 0.2) is 83.1 Å². The van der Waals surface area contributed by atoms with Crippen LogP contribution >= 0.6 is 11.8 Å². The second-order valence-corrected chi connectivity index (χ2v) is 8.45. The van der Waals surface area contributed by atoms with Crippen LogP contribution in [0.3, 0.4) is 0 Å². The number of rotatable bonds is 9. The van der Waals surface area contributed by atoms with Crippen molar-refractivity contribution >= 4 is 23.9 Å². The van der Waals surface area contributed by atoms with Gasteiger partial charge in [-0.3, -0.25) is 9.36 Å². The normalized spacial score (nSPS) is 10.9. The highest BCUT2D eigenvalue weighted by atomic mass is 32.2. The molecule has 1 amide bonds. The van der Waals surface area contributed by atoms with Gasteiger partial charge in [0, 0.05) is 16.8 Å². The molecule has 0 unspecified atom stereocenters. The number of hydrazone groups is 1. The third-order valence-electron chi connectivity index (χ3n) is 5.12. The number of amides is 1. The van der Waals surface area contributed by atoms with Crippen LogP contribution in [0.5, 0.6) is 11.5 Å². The van der Waals surface area contributed by atoms with E-state index in [1.165, 1.54) is 18.0 Å². The molecule has 4 aromatic rings. The molecule has 0 fully saturated rings. The van der Waals surface area contributed by atoms with Crippen LogP contribution in [0.2, 0.25) is 0 Å². The van der Waals surface area contributed by atoms with E-state index in [2.05, 4.69) is 20.7 Å². The molecule has 0 saturated carbocycles. The molecule has 0 aliphatic heterocycles. The summed E-state index contributed by atoms with van der Waals surface area (Å²) < 4.78 is 12.6. The maximum absolute atomic E-state index is 12.5. The summed E-state index contributed by atoms with van der Waals surface area (Å²) in [4.78, 5) is 12.5. The molecule has 8 nitrogen and oxygen atoms in total. The Morgan fingerprint density at radius 3 is 2.49 bits per heavy atom. The van der Waals surface area contributed by atoms with Gasteiger partial charge < -0.3 is 9.47 Å². The number of para-hydroxylation sites is 2. The van der Waals surface area contributed by atoms with Crippen LogP contribution in [0.25, 0.3) is 17.1 Å². The molecule has 0 aliphatic rings. The predicted octanol–water partition coefficient (Wildman–Crippen LogP) is 4.50. The van der Waals surface area contributed by atoms with Crippen molar-refractivity contribution in [3.05, 3.63) is 83.9 Å².